The summed E-state index contributed by atoms with van der Waals surface area (Å²) in [5, 5.41) is 47.4. The van der Waals surface area contributed by atoms with Crippen molar-refractivity contribution in [3.63, 3.8) is 0 Å². The van der Waals surface area contributed by atoms with Gasteiger partial charge in [0.1, 0.15) is 0 Å². The van der Waals surface area contributed by atoms with Crippen molar-refractivity contribution in [1.29, 1.82) is 0 Å². The highest BCUT2D eigenvalue weighted by Crippen LogP contribution is 2.52. The summed E-state index contributed by atoms with van der Waals surface area (Å²) in [5.41, 5.74) is -1.90. The van der Waals surface area contributed by atoms with Crippen LogP contribution in [0.25, 0.3) is 0 Å². The fraction of sp³-hybridized carbons (Fsp3) is 1.00. The molecule has 0 amide bonds. The summed E-state index contributed by atoms with van der Waals surface area (Å²) in [7, 11) is 0. The molecule has 16 heavy (non-hydrogen) atoms. The SMILES string of the molecule is OCC1CCCC(CO)(CO)C1(CO)CO. The third-order valence-electron chi connectivity index (χ3n) is 4.44. The molecule has 1 atom stereocenters. The highest BCUT2D eigenvalue weighted by atomic mass is 16.3. The summed E-state index contributed by atoms with van der Waals surface area (Å²) in [4.78, 5) is 0. The predicted molar refractivity (Wildman–Crippen MR) is 57.6 cm³/mol. The largest absolute Gasteiger partial charge is 0.396 e. The number of aliphatic hydroxyl groups is 5. The van der Waals surface area contributed by atoms with Crippen LogP contribution in [0.1, 0.15) is 19.3 Å². The van der Waals surface area contributed by atoms with Crippen molar-refractivity contribution < 1.29 is 25.5 Å². The number of rotatable bonds is 5. The zero-order valence-corrected chi connectivity index (χ0v) is 9.47. The molecule has 0 bridgehead atoms. The number of hydrogen-bond acceptors (Lipinski definition) is 5. The van der Waals surface area contributed by atoms with Gasteiger partial charge in [-0.2, -0.15) is 0 Å². The molecule has 0 spiro atoms. The maximum absolute atomic E-state index is 9.55. The molecule has 0 aromatic rings. The first-order valence-corrected chi connectivity index (χ1v) is 5.70. The lowest BCUT2D eigenvalue weighted by Gasteiger charge is -2.54. The van der Waals surface area contributed by atoms with Crippen LogP contribution in [-0.2, 0) is 0 Å². The van der Waals surface area contributed by atoms with Crippen molar-refractivity contribution in [2.24, 2.45) is 16.7 Å². The van der Waals surface area contributed by atoms with Gasteiger partial charge in [0.25, 0.3) is 0 Å². The quantitative estimate of drug-likeness (QED) is 0.408. The molecular weight excluding hydrogens is 212 g/mol. The fourth-order valence-electron chi connectivity index (χ4n) is 3.08. The van der Waals surface area contributed by atoms with Crippen LogP contribution in [0.15, 0.2) is 0 Å². The Hall–Kier alpha value is -0.200. The van der Waals surface area contributed by atoms with Crippen molar-refractivity contribution in [3.05, 3.63) is 0 Å². The molecule has 1 aliphatic carbocycles. The molecule has 5 heteroatoms. The van der Waals surface area contributed by atoms with Crippen molar-refractivity contribution >= 4 is 0 Å². The second-order valence-electron chi connectivity index (χ2n) is 4.84. The lowest BCUT2D eigenvalue weighted by atomic mass is 9.52. The Kier molecular flexibility index (Phi) is 4.70. The van der Waals surface area contributed by atoms with Gasteiger partial charge in [-0.05, 0) is 18.8 Å². The van der Waals surface area contributed by atoms with E-state index in [0.29, 0.717) is 12.8 Å². The van der Waals surface area contributed by atoms with Crippen molar-refractivity contribution in [1.82, 2.24) is 0 Å². The third-order valence-corrected chi connectivity index (χ3v) is 4.44. The Morgan fingerprint density at radius 1 is 0.875 bits per heavy atom. The van der Waals surface area contributed by atoms with Gasteiger partial charge in [-0.1, -0.05) is 6.42 Å². The van der Waals surface area contributed by atoms with E-state index in [2.05, 4.69) is 0 Å². The molecule has 1 saturated carbocycles. The Balaban J connectivity index is 3.13. The predicted octanol–water partition coefficient (Wildman–Crippen LogP) is -1.28. The third kappa shape index (κ3) is 1.76. The molecule has 1 unspecified atom stereocenters. The molecule has 1 aliphatic rings. The van der Waals surface area contributed by atoms with Crippen molar-refractivity contribution in [2.75, 3.05) is 33.0 Å². The van der Waals surface area contributed by atoms with Crippen LogP contribution < -0.4 is 0 Å². The van der Waals surface area contributed by atoms with E-state index in [9.17, 15) is 25.5 Å². The molecular formula is C11H22O5. The standard InChI is InChI=1S/C11H22O5/c12-4-9-2-1-3-10(5-13,6-14)11(9,7-15)8-16/h9,12-16H,1-8H2. The van der Waals surface area contributed by atoms with Crippen LogP contribution in [0, 0.1) is 16.7 Å². The van der Waals surface area contributed by atoms with Crippen molar-refractivity contribution in [2.45, 2.75) is 19.3 Å². The maximum Gasteiger partial charge on any atom is 0.0520 e. The normalized spacial score (nSPS) is 27.9. The van der Waals surface area contributed by atoms with E-state index >= 15 is 0 Å². The minimum atomic E-state index is -0.997. The van der Waals surface area contributed by atoms with E-state index in [-0.39, 0.29) is 39.0 Å². The Bertz CT molecular complexity index is 210. The van der Waals surface area contributed by atoms with E-state index in [4.69, 9.17) is 0 Å². The summed E-state index contributed by atoms with van der Waals surface area (Å²) in [5.74, 6) is -0.282. The van der Waals surface area contributed by atoms with E-state index in [1.807, 2.05) is 0 Å². The van der Waals surface area contributed by atoms with Crippen LogP contribution in [-0.4, -0.2) is 58.6 Å². The smallest absolute Gasteiger partial charge is 0.0520 e. The van der Waals surface area contributed by atoms with E-state index < -0.39 is 10.8 Å². The van der Waals surface area contributed by atoms with Crippen LogP contribution in [0.2, 0.25) is 0 Å². The van der Waals surface area contributed by atoms with Gasteiger partial charge >= 0.3 is 0 Å². The minimum Gasteiger partial charge on any atom is -0.396 e. The van der Waals surface area contributed by atoms with Gasteiger partial charge in [0, 0.05) is 17.4 Å². The molecule has 0 heterocycles. The molecule has 5 nitrogen and oxygen atoms in total. The van der Waals surface area contributed by atoms with Crippen LogP contribution in [0.4, 0.5) is 0 Å². The average Bonchev–Trinajstić information content (AvgIpc) is 2.37. The fourth-order valence-corrected chi connectivity index (χ4v) is 3.08. The van der Waals surface area contributed by atoms with Crippen molar-refractivity contribution in [3.8, 4) is 0 Å². The van der Waals surface area contributed by atoms with Gasteiger partial charge in [-0.25, -0.2) is 0 Å². The molecule has 1 fully saturated rings. The highest BCUT2D eigenvalue weighted by Gasteiger charge is 2.56. The van der Waals surface area contributed by atoms with Gasteiger partial charge < -0.3 is 25.5 Å². The summed E-state index contributed by atoms with van der Waals surface area (Å²) >= 11 is 0. The van der Waals surface area contributed by atoms with E-state index in [1.165, 1.54) is 0 Å². The average molecular weight is 234 g/mol. The minimum absolute atomic E-state index is 0.150. The molecule has 0 aliphatic heterocycles. The van der Waals surface area contributed by atoms with E-state index in [0.717, 1.165) is 6.42 Å². The van der Waals surface area contributed by atoms with Gasteiger partial charge in [-0.15, -0.1) is 0 Å². The van der Waals surface area contributed by atoms with E-state index in [1.54, 1.807) is 0 Å². The lowest BCUT2D eigenvalue weighted by Crippen LogP contribution is -2.59. The van der Waals surface area contributed by atoms with Crippen LogP contribution in [0.3, 0.4) is 0 Å². The first-order valence-electron chi connectivity index (χ1n) is 5.70. The number of hydrogen-bond donors (Lipinski definition) is 5. The molecule has 0 aromatic heterocycles. The summed E-state index contributed by atoms with van der Waals surface area (Å²) in [6.07, 6.45) is 2.02. The van der Waals surface area contributed by atoms with Gasteiger partial charge in [0.05, 0.1) is 26.4 Å². The Morgan fingerprint density at radius 2 is 1.44 bits per heavy atom. The molecule has 0 radical (unpaired) electrons. The molecule has 0 saturated heterocycles. The Labute approximate surface area is 95.4 Å². The second-order valence-corrected chi connectivity index (χ2v) is 4.84. The zero-order valence-electron chi connectivity index (χ0n) is 9.47. The van der Waals surface area contributed by atoms with Gasteiger partial charge in [0.2, 0.25) is 0 Å². The topological polar surface area (TPSA) is 101 Å². The van der Waals surface area contributed by atoms with Crippen LogP contribution in [0.5, 0.6) is 0 Å². The first-order chi connectivity index (χ1) is 7.66. The van der Waals surface area contributed by atoms with Crippen LogP contribution >= 0.6 is 0 Å². The summed E-state index contributed by atoms with van der Waals surface area (Å²) in [6, 6.07) is 0. The zero-order chi connectivity index (χ0) is 12.2. The molecule has 1 rings (SSSR count). The second kappa shape index (κ2) is 5.42. The summed E-state index contributed by atoms with van der Waals surface area (Å²) in [6.45, 7) is -1.41. The molecule has 5 N–H and O–H groups in total. The number of aliphatic hydroxyl groups excluding tert-OH is 5. The van der Waals surface area contributed by atoms with Gasteiger partial charge in [-0.3, -0.25) is 0 Å². The Morgan fingerprint density at radius 3 is 1.81 bits per heavy atom. The monoisotopic (exact) mass is 234 g/mol. The first kappa shape index (κ1) is 13.9. The highest BCUT2D eigenvalue weighted by molar-refractivity contribution is 5.04. The lowest BCUT2D eigenvalue weighted by molar-refractivity contribution is -0.176. The molecule has 0 aromatic carbocycles. The summed E-state index contributed by atoms with van der Waals surface area (Å²) < 4.78 is 0. The molecule has 96 valence electrons. The van der Waals surface area contributed by atoms with Gasteiger partial charge in [0.15, 0.2) is 0 Å². The maximum atomic E-state index is 9.55.